The molecule has 122 valence electrons. The summed E-state index contributed by atoms with van der Waals surface area (Å²) >= 11 is 1.72. The van der Waals surface area contributed by atoms with Gasteiger partial charge >= 0.3 is 5.69 Å². The van der Waals surface area contributed by atoms with Gasteiger partial charge in [-0.05, 0) is 65.0 Å². The van der Waals surface area contributed by atoms with Gasteiger partial charge in [-0.25, -0.2) is 9.89 Å². The summed E-state index contributed by atoms with van der Waals surface area (Å²) in [5, 5.41) is 14.4. The van der Waals surface area contributed by atoms with Crippen LogP contribution in [0.15, 0.2) is 40.5 Å². The maximum absolute atomic E-state index is 12.4. The Morgan fingerprint density at radius 1 is 1.33 bits per heavy atom. The van der Waals surface area contributed by atoms with Gasteiger partial charge in [0.15, 0.2) is 0 Å². The number of carbonyl (C=O) groups excluding carboxylic acids is 1. The first kappa shape index (κ1) is 14.8. The number of carbonyl (C=O) groups is 1. The van der Waals surface area contributed by atoms with E-state index in [1.165, 1.54) is 10.4 Å². The second-order valence-electron chi connectivity index (χ2n) is 5.87. The summed E-state index contributed by atoms with van der Waals surface area (Å²) in [7, 11) is 0. The van der Waals surface area contributed by atoms with E-state index < -0.39 is 5.69 Å². The van der Waals surface area contributed by atoms with E-state index in [9.17, 15) is 9.59 Å². The number of benzene rings is 1. The molecule has 2 heterocycles. The zero-order valence-electron chi connectivity index (χ0n) is 12.9. The van der Waals surface area contributed by atoms with Crippen LogP contribution in [0.4, 0.5) is 5.69 Å². The molecule has 0 spiro atoms. The Morgan fingerprint density at radius 2 is 2.12 bits per heavy atom. The van der Waals surface area contributed by atoms with Crippen molar-refractivity contribution in [2.24, 2.45) is 5.92 Å². The number of nitrogens with one attached hydrogen (secondary N) is 2. The molecule has 1 amide bonds. The van der Waals surface area contributed by atoms with Gasteiger partial charge in [-0.15, -0.1) is 11.3 Å². The topological polar surface area (TPSA) is 92.7 Å². The second kappa shape index (κ2) is 5.72. The molecular formula is C16H15N5O2S. The highest BCUT2D eigenvalue weighted by molar-refractivity contribution is 7.10. The normalized spacial score (nSPS) is 19.2. The van der Waals surface area contributed by atoms with Crippen LogP contribution in [0.1, 0.15) is 22.8 Å². The maximum Gasteiger partial charge on any atom is 0.365 e. The molecule has 0 unspecified atom stereocenters. The van der Waals surface area contributed by atoms with Gasteiger partial charge < -0.3 is 5.32 Å². The van der Waals surface area contributed by atoms with Gasteiger partial charge in [0.2, 0.25) is 5.91 Å². The van der Waals surface area contributed by atoms with Crippen molar-refractivity contribution in [2.45, 2.75) is 19.3 Å². The Hall–Kier alpha value is -2.74. The minimum atomic E-state index is -0.404. The van der Waals surface area contributed by atoms with Crippen LogP contribution >= 0.6 is 11.3 Å². The lowest BCUT2D eigenvalue weighted by molar-refractivity contribution is -0.117. The molecule has 1 aliphatic rings. The molecule has 7 nitrogen and oxygen atoms in total. The van der Waals surface area contributed by atoms with Crippen molar-refractivity contribution in [2.75, 3.05) is 5.32 Å². The number of nitrogens with zero attached hydrogens (tertiary/aromatic N) is 3. The summed E-state index contributed by atoms with van der Waals surface area (Å²) in [6.45, 7) is 2.09. The fraction of sp³-hybridized carbons (Fsp3) is 0.250. The molecule has 8 heteroatoms. The third kappa shape index (κ3) is 2.65. The Balaban J connectivity index is 1.43. The van der Waals surface area contributed by atoms with Gasteiger partial charge in [0, 0.05) is 22.4 Å². The van der Waals surface area contributed by atoms with Crippen LogP contribution in [0.3, 0.4) is 0 Å². The van der Waals surface area contributed by atoms with E-state index in [2.05, 4.69) is 39.2 Å². The summed E-state index contributed by atoms with van der Waals surface area (Å²) < 4.78 is 1.15. The zero-order chi connectivity index (χ0) is 16.7. The van der Waals surface area contributed by atoms with E-state index in [-0.39, 0.29) is 11.8 Å². The third-order valence-electron chi connectivity index (χ3n) is 4.22. The van der Waals surface area contributed by atoms with Gasteiger partial charge in [-0.3, -0.25) is 4.79 Å². The first-order valence-corrected chi connectivity index (χ1v) is 8.47. The van der Waals surface area contributed by atoms with Gasteiger partial charge in [0.25, 0.3) is 0 Å². The molecule has 1 aliphatic carbocycles. The van der Waals surface area contributed by atoms with Crippen LogP contribution in [0, 0.1) is 12.8 Å². The van der Waals surface area contributed by atoms with Crippen LogP contribution in [-0.2, 0) is 4.79 Å². The number of amides is 1. The van der Waals surface area contributed by atoms with E-state index in [1.54, 1.807) is 35.6 Å². The molecule has 1 aromatic carbocycles. The number of anilines is 1. The fourth-order valence-corrected chi connectivity index (χ4v) is 3.93. The highest BCUT2D eigenvalue weighted by Crippen LogP contribution is 2.50. The first-order valence-electron chi connectivity index (χ1n) is 7.59. The van der Waals surface area contributed by atoms with Gasteiger partial charge in [0.05, 0.1) is 5.69 Å². The molecule has 0 saturated heterocycles. The van der Waals surface area contributed by atoms with E-state index in [4.69, 9.17) is 0 Å². The fourth-order valence-electron chi connectivity index (χ4n) is 2.83. The number of hydrogen-bond acceptors (Lipinski definition) is 5. The Bertz CT molecular complexity index is 940. The molecule has 0 bridgehead atoms. The Morgan fingerprint density at radius 3 is 2.75 bits per heavy atom. The van der Waals surface area contributed by atoms with Crippen molar-refractivity contribution in [3.8, 4) is 5.69 Å². The third-order valence-corrected chi connectivity index (χ3v) is 5.37. The minimum absolute atomic E-state index is 0.0409. The van der Waals surface area contributed by atoms with Gasteiger partial charge in [-0.1, -0.05) is 0 Å². The van der Waals surface area contributed by atoms with Crippen molar-refractivity contribution in [1.82, 2.24) is 20.2 Å². The minimum Gasteiger partial charge on any atom is -0.326 e. The molecule has 2 atom stereocenters. The number of H-pyrrole nitrogens is 1. The highest BCUT2D eigenvalue weighted by Gasteiger charge is 2.45. The molecular weight excluding hydrogens is 326 g/mol. The summed E-state index contributed by atoms with van der Waals surface area (Å²) in [6, 6.07) is 9.03. The molecule has 1 fully saturated rings. The number of tetrazole rings is 1. The summed E-state index contributed by atoms with van der Waals surface area (Å²) in [4.78, 5) is 25.2. The van der Waals surface area contributed by atoms with Gasteiger partial charge in [0.1, 0.15) is 0 Å². The molecule has 0 aliphatic heterocycles. The standard InChI is InChI=1S/C16H15N5O2S/c1-9-6-7-24-14(9)12-8-13(12)15(22)17-10-2-4-11(5-3-10)21-16(23)18-19-20-21/h2-7,12-13H,8H2,1H3,(H,17,22)(H,18,20,23)/t12-,13+/m1/s1. The zero-order valence-corrected chi connectivity index (χ0v) is 13.7. The smallest absolute Gasteiger partial charge is 0.326 e. The molecule has 1 saturated carbocycles. The number of rotatable bonds is 4. The molecule has 4 rings (SSSR count). The average Bonchev–Trinajstić information content (AvgIpc) is 3.07. The summed E-state index contributed by atoms with van der Waals surface area (Å²) in [6.07, 6.45) is 0.902. The maximum atomic E-state index is 12.4. The monoisotopic (exact) mass is 341 g/mol. The summed E-state index contributed by atoms with van der Waals surface area (Å²) in [5.41, 5.74) is 2.15. The SMILES string of the molecule is Cc1ccsc1[C@@H]1C[C@@H]1C(=O)Nc1ccc(-n2nn[nH]c2=O)cc1. The van der Waals surface area contributed by atoms with Crippen LogP contribution in [0.5, 0.6) is 0 Å². The lowest BCUT2D eigenvalue weighted by Gasteiger charge is -2.06. The van der Waals surface area contributed by atoms with Crippen LogP contribution < -0.4 is 11.0 Å². The molecule has 24 heavy (non-hydrogen) atoms. The average molecular weight is 341 g/mol. The Labute approximate surface area is 141 Å². The first-order chi connectivity index (χ1) is 11.6. The van der Waals surface area contributed by atoms with Crippen LogP contribution in [0.2, 0.25) is 0 Å². The summed E-state index contributed by atoms with van der Waals surface area (Å²) in [5.74, 6) is 0.428. The van der Waals surface area contributed by atoms with Crippen LogP contribution in [0.25, 0.3) is 5.69 Å². The lowest BCUT2D eigenvalue weighted by Crippen LogP contribution is -2.17. The predicted octanol–water partition coefficient (Wildman–Crippen LogP) is 2.07. The van der Waals surface area contributed by atoms with Crippen molar-refractivity contribution < 1.29 is 4.79 Å². The Kier molecular flexibility index (Phi) is 3.53. The quantitative estimate of drug-likeness (QED) is 0.760. The molecule has 2 N–H and O–H groups in total. The number of thiophene rings is 1. The number of aromatic amines is 1. The van der Waals surface area contributed by atoms with E-state index in [1.807, 2.05) is 0 Å². The van der Waals surface area contributed by atoms with Crippen LogP contribution in [-0.4, -0.2) is 26.1 Å². The largest absolute Gasteiger partial charge is 0.365 e. The van der Waals surface area contributed by atoms with Crippen molar-refractivity contribution in [3.05, 3.63) is 56.6 Å². The molecule has 3 aromatic rings. The van der Waals surface area contributed by atoms with E-state index in [0.29, 0.717) is 17.3 Å². The second-order valence-corrected chi connectivity index (χ2v) is 6.82. The highest BCUT2D eigenvalue weighted by atomic mass is 32.1. The van der Waals surface area contributed by atoms with Crippen molar-refractivity contribution in [1.29, 1.82) is 0 Å². The van der Waals surface area contributed by atoms with E-state index >= 15 is 0 Å². The van der Waals surface area contributed by atoms with Crippen molar-refractivity contribution >= 4 is 22.9 Å². The van der Waals surface area contributed by atoms with E-state index in [0.717, 1.165) is 11.1 Å². The van der Waals surface area contributed by atoms with Crippen molar-refractivity contribution in [3.63, 3.8) is 0 Å². The predicted molar refractivity (Wildman–Crippen MR) is 90.5 cm³/mol. The molecule has 2 aromatic heterocycles. The number of aromatic nitrogens is 4. The van der Waals surface area contributed by atoms with Gasteiger partial charge in [-0.2, -0.15) is 4.68 Å². The number of hydrogen-bond donors (Lipinski definition) is 2. The molecule has 0 radical (unpaired) electrons. The number of aryl methyl sites for hydroxylation is 1. The lowest BCUT2D eigenvalue weighted by atomic mass is 10.2.